The minimum atomic E-state index is -0.179. The van der Waals surface area contributed by atoms with Gasteiger partial charge in [-0.15, -0.1) is 0 Å². The average molecular weight is 360 g/mol. The van der Waals surface area contributed by atoms with Crippen LogP contribution in [0.25, 0.3) is 0 Å². The van der Waals surface area contributed by atoms with Crippen LogP contribution in [0, 0.1) is 0 Å². The van der Waals surface area contributed by atoms with Crippen molar-refractivity contribution in [1.29, 1.82) is 0 Å². The van der Waals surface area contributed by atoms with Crippen LogP contribution in [-0.4, -0.2) is 25.2 Å². The number of hydrogen-bond acceptors (Lipinski definition) is 4. The van der Waals surface area contributed by atoms with Crippen LogP contribution in [0.3, 0.4) is 0 Å². The molecule has 5 nitrogen and oxygen atoms in total. The molecule has 0 radical (unpaired) electrons. The molecule has 25 heavy (non-hydrogen) atoms. The van der Waals surface area contributed by atoms with E-state index in [0.717, 1.165) is 5.56 Å². The normalized spacial score (nSPS) is 22.6. The number of carbonyl (C=O) groups excluding carboxylic acids is 1. The van der Waals surface area contributed by atoms with E-state index in [1.165, 1.54) is 5.56 Å². The molecule has 2 aromatic carbocycles. The van der Waals surface area contributed by atoms with Crippen LogP contribution < -0.4 is 20.9 Å². The molecule has 1 aliphatic rings. The van der Waals surface area contributed by atoms with Gasteiger partial charge in [0.25, 0.3) is 0 Å². The second-order valence-corrected chi connectivity index (χ2v) is 6.60. The monoisotopic (exact) mass is 359 g/mol. The van der Waals surface area contributed by atoms with E-state index < -0.39 is 0 Å². The van der Waals surface area contributed by atoms with Gasteiger partial charge < -0.3 is 10.1 Å². The van der Waals surface area contributed by atoms with E-state index in [1.807, 2.05) is 24.3 Å². The Morgan fingerprint density at radius 3 is 2.64 bits per heavy atom. The molecule has 1 amide bonds. The second-order valence-electron chi connectivity index (χ2n) is 6.19. The number of hydrogen-bond donors (Lipinski definition) is 3. The van der Waals surface area contributed by atoms with Gasteiger partial charge in [-0.1, -0.05) is 48.0 Å². The van der Waals surface area contributed by atoms with Crippen LogP contribution >= 0.6 is 11.6 Å². The van der Waals surface area contributed by atoms with Crippen molar-refractivity contribution in [1.82, 2.24) is 16.2 Å². The Labute approximate surface area is 152 Å². The van der Waals surface area contributed by atoms with Crippen molar-refractivity contribution in [3.05, 3.63) is 64.7 Å². The SMILES string of the molecule is COc1ccc(CC(=O)NC2NNC(C)C2c2ccccc2)c(Cl)c1. The number of ether oxygens (including phenoxy) is 1. The van der Waals surface area contributed by atoms with Crippen LogP contribution in [0.4, 0.5) is 0 Å². The van der Waals surface area contributed by atoms with E-state index in [1.54, 1.807) is 19.2 Å². The van der Waals surface area contributed by atoms with E-state index >= 15 is 0 Å². The molecule has 1 aliphatic heterocycles. The highest BCUT2D eigenvalue weighted by Crippen LogP contribution is 2.26. The zero-order valence-electron chi connectivity index (χ0n) is 14.3. The van der Waals surface area contributed by atoms with Gasteiger partial charge in [0.1, 0.15) is 11.9 Å². The molecule has 0 aliphatic carbocycles. The maximum atomic E-state index is 12.5. The number of rotatable bonds is 5. The first-order valence-corrected chi connectivity index (χ1v) is 8.64. The smallest absolute Gasteiger partial charge is 0.225 e. The van der Waals surface area contributed by atoms with Gasteiger partial charge >= 0.3 is 0 Å². The fraction of sp³-hybridized carbons (Fsp3) is 0.316. The quantitative estimate of drug-likeness (QED) is 0.768. The predicted octanol–water partition coefficient (Wildman–Crippen LogP) is 2.61. The van der Waals surface area contributed by atoms with Gasteiger partial charge in [0, 0.05) is 17.0 Å². The van der Waals surface area contributed by atoms with Gasteiger partial charge in [-0.25, -0.2) is 5.43 Å². The topological polar surface area (TPSA) is 62.4 Å². The molecule has 2 aromatic rings. The van der Waals surface area contributed by atoms with E-state index in [4.69, 9.17) is 16.3 Å². The zero-order valence-corrected chi connectivity index (χ0v) is 15.0. The first-order chi connectivity index (χ1) is 12.1. The number of methoxy groups -OCH3 is 1. The summed E-state index contributed by atoms with van der Waals surface area (Å²) in [6.07, 6.45) is 0.0404. The maximum absolute atomic E-state index is 12.5. The molecule has 132 valence electrons. The molecule has 3 atom stereocenters. The molecule has 6 heteroatoms. The van der Waals surface area contributed by atoms with Crippen molar-refractivity contribution < 1.29 is 9.53 Å². The highest BCUT2D eigenvalue weighted by Gasteiger charge is 2.35. The average Bonchev–Trinajstić information content (AvgIpc) is 2.97. The van der Waals surface area contributed by atoms with E-state index in [2.05, 4.69) is 35.2 Å². The Balaban J connectivity index is 1.68. The fourth-order valence-electron chi connectivity index (χ4n) is 3.17. The summed E-state index contributed by atoms with van der Waals surface area (Å²) >= 11 is 6.23. The van der Waals surface area contributed by atoms with Crippen LogP contribution in [0.5, 0.6) is 5.75 Å². The maximum Gasteiger partial charge on any atom is 0.225 e. The lowest BCUT2D eigenvalue weighted by molar-refractivity contribution is -0.121. The summed E-state index contributed by atoms with van der Waals surface area (Å²) in [7, 11) is 1.59. The Bertz CT molecular complexity index is 739. The van der Waals surface area contributed by atoms with Crippen LogP contribution in [-0.2, 0) is 11.2 Å². The molecule has 3 rings (SSSR count). The summed E-state index contributed by atoms with van der Waals surface area (Å²) in [6.45, 7) is 2.09. The highest BCUT2D eigenvalue weighted by molar-refractivity contribution is 6.31. The minimum Gasteiger partial charge on any atom is -0.497 e. The highest BCUT2D eigenvalue weighted by atomic mass is 35.5. The number of halogens is 1. The third-order valence-electron chi connectivity index (χ3n) is 4.48. The predicted molar refractivity (Wildman–Crippen MR) is 98.6 cm³/mol. The van der Waals surface area contributed by atoms with Gasteiger partial charge in [0.05, 0.1) is 13.5 Å². The molecule has 0 bridgehead atoms. The molecule has 0 spiro atoms. The zero-order chi connectivity index (χ0) is 17.8. The van der Waals surface area contributed by atoms with E-state index in [0.29, 0.717) is 10.8 Å². The van der Waals surface area contributed by atoms with Crippen molar-refractivity contribution in [3.63, 3.8) is 0 Å². The molecule has 1 saturated heterocycles. The molecule has 1 fully saturated rings. The summed E-state index contributed by atoms with van der Waals surface area (Å²) in [5, 5.41) is 3.59. The first kappa shape index (κ1) is 17.7. The summed E-state index contributed by atoms with van der Waals surface area (Å²) in [4.78, 5) is 12.5. The Morgan fingerprint density at radius 1 is 1.20 bits per heavy atom. The number of nitrogens with one attached hydrogen (secondary N) is 3. The molecule has 3 N–H and O–H groups in total. The number of benzene rings is 2. The van der Waals surface area contributed by atoms with Crippen molar-refractivity contribution in [2.45, 2.75) is 31.5 Å². The molecule has 0 aromatic heterocycles. The van der Waals surface area contributed by atoms with Crippen molar-refractivity contribution in [2.75, 3.05) is 7.11 Å². The number of carbonyl (C=O) groups is 1. The van der Waals surface area contributed by atoms with Gasteiger partial charge in [0.2, 0.25) is 5.91 Å². The largest absolute Gasteiger partial charge is 0.497 e. The standard InChI is InChI=1S/C19H22ClN3O2/c1-12-18(13-6-4-3-5-7-13)19(23-22-12)21-17(24)10-14-8-9-15(25-2)11-16(14)20/h3-9,11-12,18-19,22-23H,10H2,1-2H3,(H,21,24). The van der Waals surface area contributed by atoms with Gasteiger partial charge in [-0.05, 0) is 30.2 Å². The second kappa shape index (κ2) is 7.87. The van der Waals surface area contributed by atoms with Crippen molar-refractivity contribution >= 4 is 17.5 Å². The van der Waals surface area contributed by atoms with Gasteiger partial charge in [-0.2, -0.15) is 0 Å². The van der Waals surface area contributed by atoms with Gasteiger partial charge in [-0.3, -0.25) is 10.2 Å². The van der Waals surface area contributed by atoms with E-state index in [9.17, 15) is 4.79 Å². The Kier molecular flexibility index (Phi) is 5.58. The fourth-order valence-corrected chi connectivity index (χ4v) is 3.40. The third-order valence-corrected chi connectivity index (χ3v) is 4.83. The number of amides is 1. The molecule has 0 saturated carbocycles. The molecular formula is C19H22ClN3O2. The molecular weight excluding hydrogens is 338 g/mol. The van der Waals surface area contributed by atoms with E-state index in [-0.39, 0.29) is 30.5 Å². The van der Waals surface area contributed by atoms with Gasteiger partial charge in [0.15, 0.2) is 0 Å². The summed E-state index contributed by atoms with van der Waals surface area (Å²) in [6, 6.07) is 15.7. The lowest BCUT2D eigenvalue weighted by Crippen LogP contribution is -2.46. The summed E-state index contributed by atoms with van der Waals surface area (Å²) in [5.41, 5.74) is 8.33. The minimum absolute atomic E-state index is 0.0820. The van der Waals surface area contributed by atoms with Crippen LogP contribution in [0.15, 0.2) is 48.5 Å². The van der Waals surface area contributed by atoms with Crippen molar-refractivity contribution in [2.24, 2.45) is 0 Å². The molecule has 3 unspecified atom stereocenters. The van der Waals surface area contributed by atoms with Crippen molar-refractivity contribution in [3.8, 4) is 5.75 Å². The first-order valence-electron chi connectivity index (χ1n) is 8.26. The summed E-state index contributed by atoms with van der Waals surface area (Å²) < 4.78 is 5.13. The van der Waals surface area contributed by atoms with Crippen LogP contribution in [0.2, 0.25) is 5.02 Å². The lowest BCUT2D eigenvalue weighted by atomic mass is 9.91. The lowest BCUT2D eigenvalue weighted by Gasteiger charge is -2.22. The van der Waals surface area contributed by atoms with Crippen LogP contribution in [0.1, 0.15) is 24.0 Å². The Morgan fingerprint density at radius 2 is 1.96 bits per heavy atom. The Hall–Kier alpha value is -2.08. The molecule has 1 heterocycles. The number of hydrazine groups is 1. The third kappa shape index (κ3) is 4.12. The summed E-state index contributed by atoms with van der Waals surface area (Å²) in [5.74, 6) is 0.742.